The van der Waals surface area contributed by atoms with Crippen LogP contribution in [0.4, 0.5) is 5.69 Å². The highest BCUT2D eigenvalue weighted by molar-refractivity contribution is 9.10. The molecule has 7 nitrogen and oxygen atoms in total. The number of hydrogen-bond donors (Lipinski definition) is 0. The molecule has 0 spiro atoms. The molecular weight excluding hydrogens is 448 g/mol. The molecule has 30 heavy (non-hydrogen) atoms. The third-order valence-electron chi connectivity index (χ3n) is 5.38. The summed E-state index contributed by atoms with van der Waals surface area (Å²) in [5, 5.41) is 0.501. The third kappa shape index (κ3) is 4.33. The Kier molecular flexibility index (Phi) is 6.03. The number of aromatic nitrogens is 2. The number of fused-ring (bicyclic) bond motifs is 1. The van der Waals surface area contributed by atoms with Gasteiger partial charge in [-0.2, -0.15) is 0 Å². The van der Waals surface area contributed by atoms with Crippen molar-refractivity contribution in [2.45, 2.75) is 13.0 Å². The van der Waals surface area contributed by atoms with Crippen LogP contribution in [0.25, 0.3) is 10.9 Å². The lowest BCUT2D eigenvalue weighted by Gasteiger charge is -2.24. The Morgan fingerprint density at radius 3 is 2.67 bits per heavy atom. The summed E-state index contributed by atoms with van der Waals surface area (Å²) in [6.07, 6.45) is 2.33. The molecule has 1 aliphatic heterocycles. The lowest BCUT2D eigenvalue weighted by molar-refractivity contribution is -0.131. The van der Waals surface area contributed by atoms with Gasteiger partial charge >= 0.3 is 0 Å². The van der Waals surface area contributed by atoms with Gasteiger partial charge in [-0.3, -0.25) is 14.2 Å². The molecule has 0 N–H and O–H groups in total. The smallest absolute Gasteiger partial charge is 0.261 e. The molecular formula is C22H23BrN4O3. The van der Waals surface area contributed by atoms with E-state index in [9.17, 15) is 9.59 Å². The monoisotopic (exact) mass is 470 g/mol. The lowest BCUT2D eigenvalue weighted by atomic mass is 10.2. The number of nitrogens with zero attached hydrogens (tertiary/aromatic N) is 4. The maximum atomic E-state index is 12.9. The first kappa shape index (κ1) is 20.4. The third-order valence-corrected chi connectivity index (χ3v) is 5.87. The molecule has 2 heterocycles. The average molecular weight is 471 g/mol. The van der Waals surface area contributed by atoms with Crippen molar-refractivity contribution in [3.8, 4) is 5.75 Å². The van der Waals surface area contributed by atoms with Crippen molar-refractivity contribution in [1.29, 1.82) is 0 Å². The van der Waals surface area contributed by atoms with Gasteiger partial charge in [0.05, 0.1) is 24.3 Å². The van der Waals surface area contributed by atoms with Crippen molar-refractivity contribution in [2.24, 2.45) is 0 Å². The van der Waals surface area contributed by atoms with Gasteiger partial charge in [-0.1, -0.05) is 15.9 Å². The average Bonchev–Trinajstić information content (AvgIpc) is 3.02. The van der Waals surface area contributed by atoms with E-state index in [-0.39, 0.29) is 18.0 Å². The van der Waals surface area contributed by atoms with Gasteiger partial charge in [-0.05, 0) is 48.9 Å². The van der Waals surface area contributed by atoms with Crippen LogP contribution < -0.4 is 15.2 Å². The number of benzene rings is 2. The lowest BCUT2D eigenvalue weighted by Crippen LogP contribution is -2.39. The molecule has 1 aromatic heterocycles. The van der Waals surface area contributed by atoms with Crippen LogP contribution >= 0.6 is 15.9 Å². The van der Waals surface area contributed by atoms with E-state index in [2.05, 4.69) is 25.8 Å². The van der Waals surface area contributed by atoms with E-state index in [0.717, 1.165) is 35.4 Å². The van der Waals surface area contributed by atoms with Crippen molar-refractivity contribution in [1.82, 2.24) is 14.5 Å². The summed E-state index contributed by atoms with van der Waals surface area (Å²) >= 11 is 3.38. The maximum Gasteiger partial charge on any atom is 0.261 e. The van der Waals surface area contributed by atoms with Crippen LogP contribution in [-0.4, -0.2) is 53.6 Å². The highest BCUT2D eigenvalue weighted by atomic mass is 79.9. The molecule has 2 aromatic carbocycles. The standard InChI is InChI=1S/C22H23BrN4O3/c1-30-18-6-4-17(5-7-18)25-9-2-10-26(12-11-25)21(28)14-27-15-24-20-8-3-16(23)13-19(20)22(27)29/h3-8,13,15H,2,9-12,14H2,1H3. The first-order valence-corrected chi connectivity index (χ1v) is 10.7. The Bertz CT molecular complexity index is 1110. The topological polar surface area (TPSA) is 67.7 Å². The minimum Gasteiger partial charge on any atom is -0.497 e. The quantitative estimate of drug-likeness (QED) is 0.586. The molecule has 1 fully saturated rings. The van der Waals surface area contributed by atoms with Crippen molar-refractivity contribution in [3.05, 3.63) is 63.6 Å². The molecule has 0 radical (unpaired) electrons. The van der Waals surface area contributed by atoms with Crippen LogP contribution in [0.2, 0.25) is 0 Å². The summed E-state index contributed by atoms with van der Waals surface area (Å²) in [4.78, 5) is 34.1. The maximum absolute atomic E-state index is 12.9. The van der Waals surface area contributed by atoms with Gasteiger partial charge in [0, 0.05) is 36.3 Å². The first-order chi connectivity index (χ1) is 14.5. The van der Waals surface area contributed by atoms with Crippen LogP contribution in [0.3, 0.4) is 0 Å². The van der Waals surface area contributed by atoms with Gasteiger partial charge in [0.1, 0.15) is 12.3 Å². The highest BCUT2D eigenvalue weighted by Gasteiger charge is 2.20. The van der Waals surface area contributed by atoms with Crippen molar-refractivity contribution in [3.63, 3.8) is 0 Å². The van der Waals surface area contributed by atoms with E-state index in [1.165, 1.54) is 10.9 Å². The number of carbonyl (C=O) groups excluding carboxylic acids is 1. The highest BCUT2D eigenvalue weighted by Crippen LogP contribution is 2.21. The summed E-state index contributed by atoms with van der Waals surface area (Å²) in [5.74, 6) is 0.761. The summed E-state index contributed by atoms with van der Waals surface area (Å²) in [6.45, 7) is 2.91. The second-order valence-corrected chi connectivity index (χ2v) is 8.17. The molecule has 0 unspecified atom stereocenters. The van der Waals surface area contributed by atoms with Crippen molar-refractivity contribution in [2.75, 3.05) is 38.2 Å². The van der Waals surface area contributed by atoms with Crippen LogP contribution in [0.1, 0.15) is 6.42 Å². The number of anilines is 1. The van der Waals surface area contributed by atoms with Crippen LogP contribution in [-0.2, 0) is 11.3 Å². The fraction of sp³-hybridized carbons (Fsp3) is 0.318. The molecule has 0 bridgehead atoms. The Balaban J connectivity index is 1.44. The number of halogens is 1. The SMILES string of the molecule is COc1ccc(N2CCCN(C(=O)Cn3cnc4ccc(Br)cc4c3=O)CC2)cc1. The minimum absolute atomic E-state index is 0.00315. The predicted molar refractivity (Wildman–Crippen MR) is 120 cm³/mol. The van der Waals surface area contributed by atoms with Crippen molar-refractivity contribution < 1.29 is 9.53 Å². The molecule has 3 aromatic rings. The fourth-order valence-corrected chi connectivity index (χ4v) is 4.07. The first-order valence-electron chi connectivity index (χ1n) is 9.86. The van der Waals surface area contributed by atoms with E-state index in [4.69, 9.17) is 4.74 Å². The van der Waals surface area contributed by atoms with Gasteiger partial charge in [0.2, 0.25) is 5.91 Å². The Morgan fingerprint density at radius 1 is 1.10 bits per heavy atom. The second-order valence-electron chi connectivity index (χ2n) is 7.26. The number of carbonyl (C=O) groups is 1. The zero-order chi connectivity index (χ0) is 21.1. The number of hydrogen-bond acceptors (Lipinski definition) is 5. The Labute approximate surface area is 183 Å². The van der Waals surface area contributed by atoms with Crippen molar-refractivity contribution >= 4 is 38.4 Å². The van der Waals surface area contributed by atoms with E-state index in [1.54, 1.807) is 19.2 Å². The van der Waals surface area contributed by atoms with E-state index >= 15 is 0 Å². The molecule has 8 heteroatoms. The number of ether oxygens (including phenoxy) is 1. The molecule has 0 saturated carbocycles. The molecule has 1 amide bonds. The Hall–Kier alpha value is -2.87. The largest absolute Gasteiger partial charge is 0.497 e. The van der Waals surface area contributed by atoms with Gasteiger partial charge < -0.3 is 14.5 Å². The van der Waals surface area contributed by atoms with Gasteiger partial charge in [-0.25, -0.2) is 4.98 Å². The van der Waals surface area contributed by atoms with E-state index in [0.29, 0.717) is 24.0 Å². The predicted octanol–water partition coefficient (Wildman–Crippen LogP) is 2.91. The summed E-state index contributed by atoms with van der Waals surface area (Å²) in [5.41, 5.74) is 1.53. The van der Waals surface area contributed by atoms with Crippen LogP contribution in [0.15, 0.2) is 58.1 Å². The van der Waals surface area contributed by atoms with Crippen LogP contribution in [0, 0.1) is 0 Å². The molecule has 1 aliphatic rings. The van der Waals surface area contributed by atoms with E-state index in [1.807, 2.05) is 35.2 Å². The number of rotatable bonds is 4. The number of amides is 1. The zero-order valence-electron chi connectivity index (χ0n) is 16.8. The van der Waals surface area contributed by atoms with Gasteiger partial charge in [0.25, 0.3) is 5.56 Å². The minimum atomic E-state index is -0.204. The molecule has 1 saturated heterocycles. The molecule has 0 atom stereocenters. The normalized spacial score (nSPS) is 14.6. The molecule has 156 valence electrons. The summed E-state index contributed by atoms with van der Waals surface area (Å²) in [7, 11) is 1.65. The summed E-state index contributed by atoms with van der Waals surface area (Å²) < 4.78 is 7.42. The molecule has 4 rings (SSSR count). The Morgan fingerprint density at radius 2 is 1.90 bits per heavy atom. The van der Waals surface area contributed by atoms with Gasteiger partial charge in [-0.15, -0.1) is 0 Å². The zero-order valence-corrected chi connectivity index (χ0v) is 18.3. The summed E-state index contributed by atoms with van der Waals surface area (Å²) in [6, 6.07) is 13.3. The van der Waals surface area contributed by atoms with E-state index < -0.39 is 0 Å². The molecule has 0 aliphatic carbocycles. The van der Waals surface area contributed by atoms with Crippen LogP contribution in [0.5, 0.6) is 5.75 Å². The van der Waals surface area contributed by atoms with Gasteiger partial charge in [0.15, 0.2) is 0 Å². The number of methoxy groups -OCH3 is 1. The fourth-order valence-electron chi connectivity index (χ4n) is 3.71. The second kappa shape index (κ2) is 8.87.